The maximum atomic E-state index is 9.11. The Bertz CT molecular complexity index is 394. The van der Waals surface area contributed by atoms with Crippen molar-refractivity contribution >= 4 is 11.5 Å². The molecular weight excluding hydrogens is 230 g/mol. The van der Waals surface area contributed by atoms with Crippen LogP contribution < -0.4 is 15.4 Å². The molecule has 18 heavy (non-hydrogen) atoms. The highest BCUT2D eigenvalue weighted by molar-refractivity contribution is 5.55. The highest BCUT2D eigenvalue weighted by Gasteiger charge is 2.29. The zero-order valence-electron chi connectivity index (χ0n) is 10.8. The van der Waals surface area contributed by atoms with E-state index in [1.807, 2.05) is 19.1 Å². The van der Waals surface area contributed by atoms with Crippen LogP contribution in [0.1, 0.15) is 26.2 Å². The molecule has 0 aromatic carbocycles. The molecule has 3 N–H and O–H groups in total. The van der Waals surface area contributed by atoms with E-state index in [1.165, 1.54) is 0 Å². The number of aliphatic hydroxyl groups excluding tert-OH is 1. The molecular formula is C13H21N3O2. The van der Waals surface area contributed by atoms with Gasteiger partial charge in [-0.05, 0) is 31.4 Å². The van der Waals surface area contributed by atoms with Crippen LogP contribution in [0.25, 0.3) is 0 Å². The van der Waals surface area contributed by atoms with Crippen molar-refractivity contribution in [2.45, 2.75) is 32.2 Å². The molecule has 0 aliphatic heterocycles. The van der Waals surface area contributed by atoms with Crippen molar-refractivity contribution in [3.05, 3.63) is 12.1 Å². The number of anilines is 2. The van der Waals surface area contributed by atoms with Crippen molar-refractivity contribution in [1.82, 2.24) is 4.98 Å². The molecule has 1 aliphatic carbocycles. The summed E-state index contributed by atoms with van der Waals surface area (Å²) in [4.78, 5) is 6.58. The maximum absolute atomic E-state index is 9.11. The lowest BCUT2D eigenvalue weighted by molar-refractivity contribution is 0.298. The highest BCUT2D eigenvalue weighted by atomic mass is 16.5. The van der Waals surface area contributed by atoms with Crippen molar-refractivity contribution in [3.8, 4) is 5.88 Å². The molecule has 1 aromatic heterocycles. The molecule has 0 unspecified atom stereocenters. The first-order valence-corrected chi connectivity index (χ1v) is 6.53. The van der Waals surface area contributed by atoms with E-state index < -0.39 is 0 Å². The zero-order chi connectivity index (χ0) is 13.0. The lowest BCUT2D eigenvalue weighted by Crippen LogP contribution is -2.29. The number of ether oxygens (including phenoxy) is 1. The van der Waals surface area contributed by atoms with Gasteiger partial charge in [0.25, 0.3) is 0 Å². The van der Waals surface area contributed by atoms with E-state index in [1.54, 1.807) is 0 Å². The second kappa shape index (κ2) is 5.91. The van der Waals surface area contributed by atoms with Gasteiger partial charge in [0.2, 0.25) is 5.88 Å². The number of hydrogen-bond donors (Lipinski definition) is 2. The van der Waals surface area contributed by atoms with Gasteiger partial charge in [0.05, 0.1) is 18.9 Å². The minimum atomic E-state index is 0.133. The van der Waals surface area contributed by atoms with E-state index in [-0.39, 0.29) is 6.61 Å². The van der Waals surface area contributed by atoms with Crippen LogP contribution in [0, 0.1) is 0 Å². The predicted molar refractivity (Wildman–Crippen MR) is 71.9 cm³/mol. The van der Waals surface area contributed by atoms with Crippen LogP contribution in [0.4, 0.5) is 11.5 Å². The van der Waals surface area contributed by atoms with Crippen LogP contribution in [0.15, 0.2) is 12.1 Å². The van der Waals surface area contributed by atoms with Gasteiger partial charge in [-0.3, -0.25) is 0 Å². The van der Waals surface area contributed by atoms with Gasteiger partial charge in [0, 0.05) is 12.6 Å². The number of aromatic nitrogens is 1. The Morgan fingerprint density at radius 2 is 2.28 bits per heavy atom. The summed E-state index contributed by atoms with van der Waals surface area (Å²) in [6.07, 6.45) is 3.25. The Morgan fingerprint density at radius 3 is 2.89 bits per heavy atom. The molecule has 1 heterocycles. The molecule has 5 heteroatoms. The maximum Gasteiger partial charge on any atom is 0.239 e. The summed E-state index contributed by atoms with van der Waals surface area (Å²) in [5.41, 5.74) is 6.40. The van der Waals surface area contributed by atoms with Crippen molar-refractivity contribution in [1.29, 1.82) is 0 Å². The monoisotopic (exact) mass is 251 g/mol. The Kier molecular flexibility index (Phi) is 4.25. The predicted octanol–water partition coefficient (Wildman–Crippen LogP) is 1.41. The molecule has 0 bridgehead atoms. The second-order valence-electron chi connectivity index (χ2n) is 4.56. The molecule has 0 spiro atoms. The van der Waals surface area contributed by atoms with Gasteiger partial charge in [-0.25, -0.2) is 0 Å². The summed E-state index contributed by atoms with van der Waals surface area (Å²) >= 11 is 0. The van der Waals surface area contributed by atoms with Crippen molar-refractivity contribution < 1.29 is 9.84 Å². The van der Waals surface area contributed by atoms with Crippen LogP contribution in [0.3, 0.4) is 0 Å². The number of pyridine rings is 1. The topological polar surface area (TPSA) is 71.6 Å². The fourth-order valence-corrected chi connectivity index (χ4v) is 1.89. The summed E-state index contributed by atoms with van der Waals surface area (Å²) < 4.78 is 5.53. The van der Waals surface area contributed by atoms with E-state index in [4.69, 9.17) is 15.6 Å². The van der Waals surface area contributed by atoms with E-state index in [0.717, 1.165) is 25.1 Å². The molecule has 100 valence electrons. The van der Waals surface area contributed by atoms with E-state index in [2.05, 4.69) is 9.88 Å². The number of nitrogens with zero attached hydrogens (tertiary/aromatic N) is 2. The third kappa shape index (κ3) is 3.04. The van der Waals surface area contributed by atoms with Gasteiger partial charge in [0.15, 0.2) is 0 Å². The average Bonchev–Trinajstić information content (AvgIpc) is 3.19. The number of hydrogen-bond acceptors (Lipinski definition) is 5. The number of nitrogens with two attached hydrogens (primary N) is 1. The summed E-state index contributed by atoms with van der Waals surface area (Å²) in [7, 11) is 0. The molecule has 2 rings (SSSR count). The largest absolute Gasteiger partial charge is 0.476 e. The summed E-state index contributed by atoms with van der Waals surface area (Å²) in [6.45, 7) is 3.40. The first-order valence-electron chi connectivity index (χ1n) is 6.53. The van der Waals surface area contributed by atoms with Crippen molar-refractivity contribution in [2.24, 2.45) is 0 Å². The van der Waals surface area contributed by atoms with Gasteiger partial charge in [-0.15, -0.1) is 0 Å². The molecule has 1 aliphatic rings. The molecule has 1 fully saturated rings. The average molecular weight is 251 g/mol. The lowest BCUT2D eigenvalue weighted by atomic mass is 10.3. The Balaban J connectivity index is 2.15. The summed E-state index contributed by atoms with van der Waals surface area (Å²) in [5.74, 6) is 1.34. The van der Waals surface area contributed by atoms with Gasteiger partial charge >= 0.3 is 0 Å². The number of aliphatic hydroxyl groups is 1. The van der Waals surface area contributed by atoms with Gasteiger partial charge in [0.1, 0.15) is 5.82 Å². The molecule has 0 radical (unpaired) electrons. The second-order valence-corrected chi connectivity index (χ2v) is 4.56. The Hall–Kier alpha value is -1.49. The van der Waals surface area contributed by atoms with Crippen molar-refractivity contribution in [2.75, 3.05) is 30.4 Å². The van der Waals surface area contributed by atoms with Crippen LogP contribution in [-0.4, -0.2) is 35.9 Å². The van der Waals surface area contributed by atoms with Crippen LogP contribution in [0.2, 0.25) is 0 Å². The van der Waals surface area contributed by atoms with E-state index in [0.29, 0.717) is 30.8 Å². The SMILES string of the molecule is CCCOc1nc(N(CCO)C2CC2)ccc1N. The minimum Gasteiger partial charge on any atom is -0.476 e. The highest BCUT2D eigenvalue weighted by Crippen LogP contribution is 2.32. The van der Waals surface area contributed by atoms with E-state index in [9.17, 15) is 0 Å². The van der Waals surface area contributed by atoms with Crippen LogP contribution in [0.5, 0.6) is 5.88 Å². The zero-order valence-corrected chi connectivity index (χ0v) is 10.8. The van der Waals surface area contributed by atoms with Gasteiger partial charge < -0.3 is 20.5 Å². The number of nitrogen functional groups attached to an aromatic ring is 1. The minimum absolute atomic E-state index is 0.133. The molecule has 1 saturated carbocycles. The van der Waals surface area contributed by atoms with Crippen molar-refractivity contribution in [3.63, 3.8) is 0 Å². The third-order valence-electron chi connectivity index (χ3n) is 2.94. The Labute approximate surface area is 108 Å². The van der Waals surface area contributed by atoms with Crippen LogP contribution >= 0.6 is 0 Å². The normalized spacial score (nSPS) is 14.6. The van der Waals surface area contributed by atoms with Gasteiger partial charge in [-0.1, -0.05) is 6.92 Å². The lowest BCUT2D eigenvalue weighted by Gasteiger charge is -2.23. The van der Waals surface area contributed by atoms with Gasteiger partial charge in [-0.2, -0.15) is 4.98 Å². The Morgan fingerprint density at radius 1 is 1.50 bits per heavy atom. The molecule has 5 nitrogen and oxygen atoms in total. The molecule has 1 aromatic rings. The third-order valence-corrected chi connectivity index (χ3v) is 2.94. The molecule has 0 atom stereocenters. The number of rotatable bonds is 7. The smallest absolute Gasteiger partial charge is 0.239 e. The first kappa shape index (κ1) is 13.0. The first-order chi connectivity index (χ1) is 8.76. The summed E-state index contributed by atoms with van der Waals surface area (Å²) in [5, 5.41) is 9.11. The standard InChI is InChI=1S/C13H21N3O2/c1-2-9-18-13-11(14)5-6-12(15-13)16(7-8-17)10-3-4-10/h5-6,10,17H,2-4,7-9,14H2,1H3. The quantitative estimate of drug-likeness (QED) is 0.766. The summed E-state index contributed by atoms with van der Waals surface area (Å²) in [6, 6.07) is 4.22. The van der Waals surface area contributed by atoms with Crippen LogP contribution in [-0.2, 0) is 0 Å². The fourth-order valence-electron chi connectivity index (χ4n) is 1.89. The molecule has 0 amide bonds. The van der Waals surface area contributed by atoms with E-state index >= 15 is 0 Å². The molecule has 0 saturated heterocycles. The fraction of sp³-hybridized carbons (Fsp3) is 0.615.